The summed E-state index contributed by atoms with van der Waals surface area (Å²) in [5.74, 6) is 3.00. The van der Waals surface area contributed by atoms with Crippen molar-refractivity contribution in [3.05, 3.63) is 126 Å². The van der Waals surface area contributed by atoms with Gasteiger partial charge < -0.3 is 9.47 Å². The standard InChI is InChI=1S/C42H42N4O2/c1-27-20-35(41(2,3)4)40(36(21-27)42(5,6)7)28-25-44-45(26-28)29-12-11-13-31(22-29)48-32-16-17-34-33-14-9-10-15-37(33)46(38(34)23-32)39-24-30(47-8)18-19-43-39/h9-26H,1-8H3. The number of fused-ring (bicyclic) bond motifs is 3. The van der Waals surface area contributed by atoms with Gasteiger partial charge in [-0.2, -0.15) is 5.10 Å². The number of rotatable bonds is 6. The van der Waals surface area contributed by atoms with Gasteiger partial charge in [0.05, 0.1) is 30.0 Å². The molecule has 3 heterocycles. The number of benzene rings is 4. The fraction of sp³-hybridized carbons (Fsp3) is 0.238. The normalized spacial score (nSPS) is 12.2. The third kappa shape index (κ3) is 5.72. The van der Waals surface area contributed by atoms with Crippen LogP contribution in [0.5, 0.6) is 17.2 Å². The lowest BCUT2D eigenvalue weighted by Crippen LogP contribution is -2.19. The summed E-state index contributed by atoms with van der Waals surface area (Å²) in [5.41, 5.74) is 9.29. The summed E-state index contributed by atoms with van der Waals surface area (Å²) < 4.78 is 16.1. The molecule has 0 N–H and O–H groups in total. The molecule has 0 spiro atoms. The number of methoxy groups -OCH3 is 1. The lowest BCUT2D eigenvalue weighted by molar-refractivity contribution is 0.414. The fourth-order valence-corrected chi connectivity index (χ4v) is 6.61. The Morgan fingerprint density at radius 3 is 2.10 bits per heavy atom. The molecular weight excluding hydrogens is 592 g/mol. The molecule has 3 aromatic heterocycles. The monoisotopic (exact) mass is 634 g/mol. The highest BCUT2D eigenvalue weighted by atomic mass is 16.5. The van der Waals surface area contributed by atoms with Crippen LogP contribution in [0.15, 0.2) is 110 Å². The SMILES string of the molecule is COc1ccnc(-n2c3ccccc3c3ccc(Oc4cccc(-n5cc(-c6c(C(C)(C)C)cc(C)cc6C(C)(C)C)cn5)c4)cc32)c1. The van der Waals surface area contributed by atoms with Crippen LogP contribution in [0, 0.1) is 6.92 Å². The minimum absolute atomic E-state index is 0.0212. The molecule has 0 aliphatic rings. The first-order chi connectivity index (χ1) is 22.9. The summed E-state index contributed by atoms with van der Waals surface area (Å²) >= 11 is 0. The van der Waals surface area contributed by atoms with E-state index in [2.05, 4.69) is 113 Å². The van der Waals surface area contributed by atoms with Crippen LogP contribution in [0.2, 0.25) is 0 Å². The van der Waals surface area contributed by atoms with Gasteiger partial charge in [0.15, 0.2) is 0 Å². The van der Waals surface area contributed by atoms with Crippen LogP contribution in [0.4, 0.5) is 0 Å². The second-order valence-electron chi connectivity index (χ2n) is 14.6. The predicted molar refractivity (Wildman–Crippen MR) is 196 cm³/mol. The molecule has 48 heavy (non-hydrogen) atoms. The maximum Gasteiger partial charge on any atom is 0.141 e. The number of hydrogen-bond donors (Lipinski definition) is 0. The number of hydrogen-bond acceptors (Lipinski definition) is 4. The van der Waals surface area contributed by atoms with Gasteiger partial charge in [0.25, 0.3) is 0 Å². The molecule has 242 valence electrons. The molecule has 0 aliphatic heterocycles. The summed E-state index contributed by atoms with van der Waals surface area (Å²) in [6.45, 7) is 15.9. The number of aromatic nitrogens is 4. The van der Waals surface area contributed by atoms with Crippen LogP contribution in [-0.4, -0.2) is 26.4 Å². The number of ether oxygens (including phenoxy) is 2. The Kier molecular flexibility index (Phi) is 7.62. The minimum atomic E-state index is -0.0212. The van der Waals surface area contributed by atoms with E-state index in [1.165, 1.54) is 22.3 Å². The lowest BCUT2D eigenvalue weighted by atomic mass is 9.74. The Morgan fingerprint density at radius 1 is 0.667 bits per heavy atom. The van der Waals surface area contributed by atoms with Gasteiger partial charge >= 0.3 is 0 Å². The Bertz CT molecular complexity index is 2260. The van der Waals surface area contributed by atoms with Crippen molar-refractivity contribution < 1.29 is 9.47 Å². The summed E-state index contributed by atoms with van der Waals surface area (Å²) in [6.07, 6.45) is 5.90. The molecule has 0 saturated carbocycles. The Morgan fingerprint density at radius 2 is 1.38 bits per heavy atom. The molecule has 0 bridgehead atoms. The highest BCUT2D eigenvalue weighted by Crippen LogP contribution is 2.42. The summed E-state index contributed by atoms with van der Waals surface area (Å²) in [4.78, 5) is 4.69. The molecule has 0 amide bonds. The molecule has 0 atom stereocenters. The average Bonchev–Trinajstić information content (AvgIpc) is 3.67. The molecule has 0 unspecified atom stereocenters. The van der Waals surface area contributed by atoms with Crippen LogP contribution in [0.25, 0.3) is 44.4 Å². The highest BCUT2D eigenvalue weighted by Gasteiger charge is 2.27. The number of para-hydroxylation sites is 1. The van der Waals surface area contributed by atoms with Gasteiger partial charge in [0, 0.05) is 46.9 Å². The molecule has 0 saturated heterocycles. The van der Waals surface area contributed by atoms with Gasteiger partial charge in [0.1, 0.15) is 23.1 Å². The summed E-state index contributed by atoms with van der Waals surface area (Å²) in [6, 6.07) is 31.1. The Labute approximate surface area is 282 Å². The third-order valence-electron chi connectivity index (χ3n) is 8.91. The molecule has 6 heteroatoms. The second-order valence-corrected chi connectivity index (χ2v) is 14.6. The summed E-state index contributed by atoms with van der Waals surface area (Å²) in [5, 5.41) is 7.12. The van der Waals surface area contributed by atoms with E-state index in [1.807, 2.05) is 53.3 Å². The van der Waals surface area contributed by atoms with E-state index in [9.17, 15) is 0 Å². The van der Waals surface area contributed by atoms with E-state index in [4.69, 9.17) is 14.6 Å². The van der Waals surface area contributed by atoms with Gasteiger partial charge in [0.2, 0.25) is 0 Å². The Balaban J connectivity index is 1.26. The van der Waals surface area contributed by atoms with Crippen molar-refractivity contribution in [1.82, 2.24) is 19.3 Å². The van der Waals surface area contributed by atoms with E-state index in [0.29, 0.717) is 0 Å². The zero-order chi connectivity index (χ0) is 33.8. The predicted octanol–water partition coefficient (Wildman–Crippen LogP) is 10.7. The quantitative estimate of drug-likeness (QED) is 0.183. The number of pyridine rings is 1. The third-order valence-corrected chi connectivity index (χ3v) is 8.91. The first kappa shape index (κ1) is 31.3. The largest absolute Gasteiger partial charge is 0.497 e. The molecule has 7 rings (SSSR count). The van der Waals surface area contributed by atoms with Crippen molar-refractivity contribution >= 4 is 21.8 Å². The van der Waals surface area contributed by atoms with Gasteiger partial charge in [-0.05, 0) is 70.8 Å². The van der Waals surface area contributed by atoms with E-state index in [1.54, 1.807) is 13.3 Å². The smallest absolute Gasteiger partial charge is 0.141 e. The van der Waals surface area contributed by atoms with Crippen molar-refractivity contribution in [2.45, 2.75) is 59.3 Å². The molecule has 7 aromatic rings. The maximum atomic E-state index is 6.51. The fourth-order valence-electron chi connectivity index (χ4n) is 6.61. The summed E-state index contributed by atoms with van der Waals surface area (Å²) in [7, 11) is 1.67. The molecule has 0 aliphatic carbocycles. The van der Waals surface area contributed by atoms with E-state index < -0.39 is 0 Å². The second kappa shape index (κ2) is 11.7. The van der Waals surface area contributed by atoms with Crippen molar-refractivity contribution in [2.24, 2.45) is 0 Å². The van der Waals surface area contributed by atoms with Crippen LogP contribution in [-0.2, 0) is 10.8 Å². The van der Waals surface area contributed by atoms with Crippen molar-refractivity contribution in [2.75, 3.05) is 7.11 Å². The zero-order valence-electron chi connectivity index (χ0n) is 29.0. The molecule has 4 aromatic carbocycles. The molecule has 0 fully saturated rings. The molecule has 0 radical (unpaired) electrons. The average molecular weight is 635 g/mol. The van der Waals surface area contributed by atoms with E-state index >= 15 is 0 Å². The number of aryl methyl sites for hydroxylation is 1. The first-order valence-electron chi connectivity index (χ1n) is 16.4. The zero-order valence-corrected chi connectivity index (χ0v) is 29.0. The van der Waals surface area contributed by atoms with Crippen LogP contribution in [0.3, 0.4) is 0 Å². The maximum absolute atomic E-state index is 6.51. The lowest BCUT2D eigenvalue weighted by Gasteiger charge is -2.30. The van der Waals surface area contributed by atoms with Gasteiger partial charge in [-0.25, -0.2) is 9.67 Å². The topological polar surface area (TPSA) is 54.1 Å². The molecule has 6 nitrogen and oxygen atoms in total. The van der Waals surface area contributed by atoms with Gasteiger partial charge in [-0.3, -0.25) is 4.57 Å². The van der Waals surface area contributed by atoms with Crippen LogP contribution < -0.4 is 9.47 Å². The van der Waals surface area contributed by atoms with Gasteiger partial charge in [-0.15, -0.1) is 0 Å². The van der Waals surface area contributed by atoms with Gasteiger partial charge in [-0.1, -0.05) is 83.5 Å². The minimum Gasteiger partial charge on any atom is -0.497 e. The molecular formula is C42H42N4O2. The Hall–Kier alpha value is -5.36. The van der Waals surface area contributed by atoms with Crippen LogP contribution in [0.1, 0.15) is 58.2 Å². The first-order valence-corrected chi connectivity index (χ1v) is 16.4. The van der Waals surface area contributed by atoms with Crippen molar-refractivity contribution in [3.63, 3.8) is 0 Å². The highest BCUT2D eigenvalue weighted by molar-refractivity contribution is 6.09. The van der Waals surface area contributed by atoms with Crippen molar-refractivity contribution in [1.29, 1.82) is 0 Å². The van der Waals surface area contributed by atoms with Crippen molar-refractivity contribution in [3.8, 4) is 39.9 Å². The number of nitrogens with zero attached hydrogens (tertiary/aromatic N) is 4. The van der Waals surface area contributed by atoms with E-state index in [-0.39, 0.29) is 10.8 Å². The van der Waals surface area contributed by atoms with Crippen LogP contribution >= 0.6 is 0 Å². The van der Waals surface area contributed by atoms with E-state index in [0.717, 1.165) is 56.1 Å².